The van der Waals surface area contributed by atoms with Gasteiger partial charge in [-0.2, -0.15) is 0 Å². The fraction of sp³-hybridized carbons (Fsp3) is 0. The van der Waals surface area contributed by atoms with Gasteiger partial charge in [-0.1, -0.05) is 12.1 Å². The van der Waals surface area contributed by atoms with Gasteiger partial charge in [-0.25, -0.2) is 9.59 Å². The predicted molar refractivity (Wildman–Crippen MR) is 63.0 cm³/mol. The molecule has 0 aromatic heterocycles. The van der Waals surface area contributed by atoms with E-state index in [9.17, 15) is 9.59 Å². The van der Waals surface area contributed by atoms with Crippen molar-refractivity contribution in [1.29, 1.82) is 0 Å². The topological polar surface area (TPSA) is 101 Å². The quantitative estimate of drug-likeness (QED) is 0.568. The summed E-state index contributed by atoms with van der Waals surface area (Å²) >= 11 is 3.27. The normalized spacial score (nSPS) is 9.31. The Hall–Kier alpha value is -1.82. The van der Waals surface area contributed by atoms with Crippen LogP contribution in [0.1, 0.15) is 0 Å². The van der Waals surface area contributed by atoms with E-state index < -0.39 is 11.9 Å². The van der Waals surface area contributed by atoms with Gasteiger partial charge in [0, 0.05) is 22.3 Å². The standard InChI is InChI=1S/C6H6BrN.C4H4O4/c7-5-3-1-2-4-6(5)8;5-3(6)1-2-4(7)8/h1-4H,8H2;1-2H,(H,5,6)(H,7,8). The van der Waals surface area contributed by atoms with Gasteiger partial charge >= 0.3 is 11.9 Å². The molecule has 0 spiro atoms. The van der Waals surface area contributed by atoms with Crippen molar-refractivity contribution in [3.05, 3.63) is 40.9 Å². The predicted octanol–water partition coefficient (Wildman–Crippen LogP) is 1.74. The molecule has 5 nitrogen and oxygen atoms in total. The van der Waals surface area contributed by atoms with Gasteiger partial charge in [0.25, 0.3) is 0 Å². The van der Waals surface area contributed by atoms with E-state index in [1.807, 2.05) is 24.3 Å². The molecule has 1 aromatic rings. The lowest BCUT2D eigenvalue weighted by Crippen LogP contribution is -1.91. The Morgan fingerprint density at radius 2 is 1.56 bits per heavy atom. The summed E-state index contributed by atoms with van der Waals surface area (Å²) < 4.78 is 0.958. The van der Waals surface area contributed by atoms with E-state index >= 15 is 0 Å². The van der Waals surface area contributed by atoms with Crippen molar-refractivity contribution < 1.29 is 19.8 Å². The Kier molecular flexibility index (Phi) is 6.62. The van der Waals surface area contributed by atoms with Gasteiger partial charge in [0.1, 0.15) is 0 Å². The van der Waals surface area contributed by atoms with Crippen LogP contribution >= 0.6 is 15.9 Å². The molecule has 0 aliphatic heterocycles. The fourth-order valence-corrected chi connectivity index (χ4v) is 0.902. The van der Waals surface area contributed by atoms with E-state index in [4.69, 9.17) is 15.9 Å². The summed E-state index contributed by atoms with van der Waals surface area (Å²) in [6, 6.07) is 7.60. The number of nitrogens with two attached hydrogens (primary N) is 1. The minimum Gasteiger partial charge on any atom is -0.478 e. The minimum atomic E-state index is -1.26. The van der Waals surface area contributed by atoms with Gasteiger partial charge < -0.3 is 15.9 Å². The first-order valence-electron chi connectivity index (χ1n) is 4.07. The SMILES string of the molecule is Nc1ccccc1Br.O=C(O)C=CC(=O)O. The van der Waals surface area contributed by atoms with Crippen LogP contribution in [0.25, 0.3) is 0 Å². The highest BCUT2D eigenvalue weighted by Gasteiger charge is 1.88. The molecule has 0 fully saturated rings. The summed E-state index contributed by atoms with van der Waals surface area (Å²) in [5.41, 5.74) is 6.26. The van der Waals surface area contributed by atoms with Crippen LogP contribution < -0.4 is 5.73 Å². The number of hydrogen-bond donors (Lipinski definition) is 3. The first kappa shape index (κ1) is 14.2. The highest BCUT2D eigenvalue weighted by Crippen LogP contribution is 2.16. The second-order valence-corrected chi connectivity index (χ2v) is 3.39. The van der Waals surface area contributed by atoms with Gasteiger partial charge in [0.05, 0.1) is 0 Å². The monoisotopic (exact) mass is 287 g/mol. The molecule has 6 heteroatoms. The Labute approximate surface area is 100 Å². The highest BCUT2D eigenvalue weighted by atomic mass is 79.9. The largest absolute Gasteiger partial charge is 0.478 e. The first-order valence-corrected chi connectivity index (χ1v) is 4.86. The molecule has 1 aromatic carbocycles. The Morgan fingerprint density at radius 1 is 1.12 bits per heavy atom. The van der Waals surface area contributed by atoms with Gasteiger partial charge in [0.2, 0.25) is 0 Å². The molecule has 0 radical (unpaired) electrons. The van der Waals surface area contributed by atoms with Crippen LogP contribution in [-0.4, -0.2) is 22.2 Å². The number of carbonyl (C=O) groups is 2. The summed E-state index contributed by atoms with van der Waals surface area (Å²) in [5, 5.41) is 15.6. The number of aliphatic carboxylic acids is 2. The van der Waals surface area contributed by atoms with Crippen molar-refractivity contribution in [1.82, 2.24) is 0 Å². The third-order valence-electron chi connectivity index (χ3n) is 1.27. The van der Waals surface area contributed by atoms with Gasteiger partial charge in [-0.15, -0.1) is 0 Å². The van der Waals surface area contributed by atoms with Crippen LogP contribution in [0.2, 0.25) is 0 Å². The molecule has 0 bridgehead atoms. The van der Waals surface area contributed by atoms with E-state index in [1.165, 1.54) is 0 Å². The van der Waals surface area contributed by atoms with Crippen LogP contribution in [0.4, 0.5) is 5.69 Å². The van der Waals surface area contributed by atoms with Gasteiger partial charge in [0.15, 0.2) is 0 Å². The van der Waals surface area contributed by atoms with E-state index in [0.29, 0.717) is 12.2 Å². The number of halogens is 1. The second kappa shape index (κ2) is 7.47. The first-order chi connectivity index (χ1) is 7.43. The summed E-state index contributed by atoms with van der Waals surface area (Å²) in [7, 11) is 0. The number of para-hydroxylation sites is 1. The number of benzene rings is 1. The molecule has 0 aliphatic carbocycles. The third kappa shape index (κ3) is 7.57. The smallest absolute Gasteiger partial charge is 0.328 e. The number of rotatable bonds is 2. The van der Waals surface area contributed by atoms with Crippen LogP contribution in [0.5, 0.6) is 0 Å². The van der Waals surface area contributed by atoms with Crippen molar-refractivity contribution in [3.8, 4) is 0 Å². The zero-order valence-electron chi connectivity index (χ0n) is 8.13. The fourth-order valence-electron chi connectivity index (χ4n) is 0.618. The lowest BCUT2D eigenvalue weighted by molar-refractivity contribution is -0.134. The zero-order chi connectivity index (χ0) is 12.6. The Bertz CT molecular complexity index is 367. The molecular weight excluding hydrogens is 278 g/mol. The van der Waals surface area contributed by atoms with Gasteiger partial charge in [-0.3, -0.25) is 0 Å². The number of hydrogen-bond acceptors (Lipinski definition) is 3. The molecule has 0 saturated heterocycles. The molecule has 0 unspecified atom stereocenters. The summed E-state index contributed by atoms with van der Waals surface area (Å²) in [4.78, 5) is 19.1. The molecule has 0 amide bonds. The molecule has 0 atom stereocenters. The molecule has 1 rings (SSSR count). The average Bonchev–Trinajstić information content (AvgIpc) is 2.20. The lowest BCUT2D eigenvalue weighted by atomic mass is 10.3. The highest BCUT2D eigenvalue weighted by molar-refractivity contribution is 9.10. The summed E-state index contributed by atoms with van der Waals surface area (Å²) in [5.74, 6) is -2.51. The molecule has 0 saturated carbocycles. The van der Waals surface area contributed by atoms with E-state index in [-0.39, 0.29) is 0 Å². The molecule has 16 heavy (non-hydrogen) atoms. The van der Waals surface area contributed by atoms with Crippen LogP contribution in [0, 0.1) is 0 Å². The maximum atomic E-state index is 9.55. The van der Waals surface area contributed by atoms with Crippen molar-refractivity contribution in [2.24, 2.45) is 0 Å². The molecule has 4 N–H and O–H groups in total. The lowest BCUT2D eigenvalue weighted by Gasteiger charge is -1.91. The van der Waals surface area contributed by atoms with E-state index in [0.717, 1.165) is 10.2 Å². The summed E-state index contributed by atoms with van der Waals surface area (Å²) in [6.07, 6.45) is 1.12. The van der Waals surface area contributed by atoms with Crippen LogP contribution in [0.15, 0.2) is 40.9 Å². The maximum absolute atomic E-state index is 9.55. The van der Waals surface area contributed by atoms with E-state index in [1.54, 1.807) is 0 Å². The average molecular weight is 288 g/mol. The van der Waals surface area contributed by atoms with Crippen molar-refractivity contribution >= 4 is 33.6 Å². The third-order valence-corrected chi connectivity index (χ3v) is 2.00. The van der Waals surface area contributed by atoms with Gasteiger partial charge in [-0.05, 0) is 28.1 Å². The van der Waals surface area contributed by atoms with Crippen molar-refractivity contribution in [3.63, 3.8) is 0 Å². The van der Waals surface area contributed by atoms with Crippen molar-refractivity contribution in [2.75, 3.05) is 5.73 Å². The molecular formula is C10H10BrNO4. The minimum absolute atomic E-state index is 0.558. The Balaban J connectivity index is 0.000000281. The maximum Gasteiger partial charge on any atom is 0.328 e. The van der Waals surface area contributed by atoms with E-state index in [2.05, 4.69) is 15.9 Å². The Morgan fingerprint density at radius 3 is 1.81 bits per heavy atom. The number of nitrogen functional groups attached to an aromatic ring is 1. The van der Waals surface area contributed by atoms with Crippen LogP contribution in [0.3, 0.4) is 0 Å². The molecule has 0 heterocycles. The molecule has 0 aliphatic rings. The van der Waals surface area contributed by atoms with Crippen LogP contribution in [-0.2, 0) is 9.59 Å². The van der Waals surface area contributed by atoms with Crippen molar-refractivity contribution in [2.45, 2.75) is 0 Å². The molecule has 86 valence electrons. The number of carboxylic acids is 2. The zero-order valence-corrected chi connectivity index (χ0v) is 9.72. The summed E-state index contributed by atoms with van der Waals surface area (Å²) in [6.45, 7) is 0. The second-order valence-electron chi connectivity index (χ2n) is 2.53. The number of anilines is 1. The number of carboxylic acid groups (broad SMARTS) is 2.